The molecule has 36 heavy (non-hydrogen) atoms. The standard InChI is InChI=1S/C34H38BN/c1-22(2)26-20-28(23(3)4)34(29(21-26)24(5)6)35-30-15-11-12-16-32(30)36(27-13-9-8-10-14-27)33-19-25(7)17-18-31(33)35/h8-24H,1-7H3. The summed E-state index contributed by atoms with van der Waals surface area (Å²) in [7, 11) is 0. The summed E-state index contributed by atoms with van der Waals surface area (Å²) in [4.78, 5) is 2.46. The molecule has 4 aromatic carbocycles. The third-order valence-corrected chi connectivity index (χ3v) is 7.71. The molecule has 1 heterocycles. The minimum Gasteiger partial charge on any atom is -0.312 e. The van der Waals surface area contributed by atoms with Gasteiger partial charge >= 0.3 is 0 Å². The van der Waals surface area contributed by atoms with E-state index in [2.05, 4.69) is 138 Å². The molecule has 0 radical (unpaired) electrons. The molecular formula is C34H38BN. The molecule has 0 N–H and O–H groups in total. The third kappa shape index (κ3) is 4.17. The van der Waals surface area contributed by atoms with Gasteiger partial charge in [-0.25, -0.2) is 0 Å². The lowest BCUT2D eigenvalue weighted by atomic mass is 9.33. The Morgan fingerprint density at radius 2 is 1.17 bits per heavy atom. The molecule has 0 aliphatic carbocycles. The molecule has 182 valence electrons. The van der Waals surface area contributed by atoms with Crippen LogP contribution in [0.15, 0.2) is 84.9 Å². The number of anilines is 3. The zero-order chi connectivity index (χ0) is 25.6. The highest BCUT2D eigenvalue weighted by Gasteiger charge is 2.38. The molecule has 0 fully saturated rings. The topological polar surface area (TPSA) is 3.24 Å². The van der Waals surface area contributed by atoms with Crippen molar-refractivity contribution in [1.29, 1.82) is 0 Å². The summed E-state index contributed by atoms with van der Waals surface area (Å²) in [5.41, 5.74) is 13.8. The minimum atomic E-state index is 0.202. The van der Waals surface area contributed by atoms with Crippen molar-refractivity contribution in [3.05, 3.63) is 107 Å². The van der Waals surface area contributed by atoms with Gasteiger partial charge in [-0.1, -0.05) is 108 Å². The molecule has 0 unspecified atom stereocenters. The molecule has 1 aliphatic heterocycles. The van der Waals surface area contributed by atoms with Gasteiger partial charge in [0.05, 0.1) is 0 Å². The summed E-state index contributed by atoms with van der Waals surface area (Å²) < 4.78 is 0. The van der Waals surface area contributed by atoms with Crippen LogP contribution < -0.4 is 21.3 Å². The van der Waals surface area contributed by atoms with Crippen LogP contribution in [-0.4, -0.2) is 6.71 Å². The Hall–Kier alpha value is -3.26. The Bertz CT molecular complexity index is 1350. The van der Waals surface area contributed by atoms with Gasteiger partial charge in [0, 0.05) is 17.1 Å². The van der Waals surface area contributed by atoms with E-state index < -0.39 is 0 Å². The summed E-state index contributed by atoms with van der Waals surface area (Å²) in [6.45, 7) is 16.5. The molecule has 4 aromatic rings. The molecular weight excluding hydrogens is 433 g/mol. The fraction of sp³-hybridized carbons (Fsp3) is 0.294. The lowest BCUT2D eigenvalue weighted by Crippen LogP contribution is -2.59. The molecule has 0 amide bonds. The second kappa shape index (κ2) is 9.66. The van der Waals surface area contributed by atoms with Crippen molar-refractivity contribution in [2.45, 2.75) is 66.2 Å². The first-order valence-electron chi connectivity index (χ1n) is 13.5. The van der Waals surface area contributed by atoms with E-state index in [1.807, 2.05) is 0 Å². The van der Waals surface area contributed by atoms with Crippen molar-refractivity contribution in [2.75, 3.05) is 4.90 Å². The van der Waals surface area contributed by atoms with E-state index in [0.29, 0.717) is 17.8 Å². The molecule has 5 rings (SSSR count). The number of para-hydroxylation sites is 2. The Labute approximate surface area is 218 Å². The molecule has 0 aromatic heterocycles. The van der Waals surface area contributed by atoms with E-state index in [-0.39, 0.29) is 6.71 Å². The third-order valence-electron chi connectivity index (χ3n) is 7.71. The molecule has 0 spiro atoms. The second-order valence-electron chi connectivity index (χ2n) is 11.3. The van der Waals surface area contributed by atoms with Crippen LogP contribution in [0.4, 0.5) is 17.1 Å². The predicted molar refractivity (Wildman–Crippen MR) is 159 cm³/mol. The largest absolute Gasteiger partial charge is 0.312 e. The quantitative estimate of drug-likeness (QED) is 0.238. The van der Waals surface area contributed by atoms with Gasteiger partial charge in [-0.05, 0) is 82.1 Å². The maximum atomic E-state index is 2.50. The Morgan fingerprint density at radius 3 is 1.78 bits per heavy atom. The number of hydrogen-bond acceptors (Lipinski definition) is 1. The number of aryl methyl sites for hydroxylation is 1. The first-order chi connectivity index (χ1) is 17.3. The summed E-state index contributed by atoms with van der Waals surface area (Å²) >= 11 is 0. The zero-order valence-electron chi connectivity index (χ0n) is 22.8. The Balaban J connectivity index is 1.87. The normalized spacial score (nSPS) is 12.9. The molecule has 0 bridgehead atoms. The molecule has 0 saturated heterocycles. The van der Waals surface area contributed by atoms with Gasteiger partial charge in [0.2, 0.25) is 6.71 Å². The van der Waals surface area contributed by atoms with Crippen LogP contribution >= 0.6 is 0 Å². The smallest absolute Gasteiger partial charge is 0.247 e. The summed E-state index contributed by atoms with van der Waals surface area (Å²) in [6, 6.07) is 31.9. The van der Waals surface area contributed by atoms with Crippen molar-refractivity contribution in [3.8, 4) is 0 Å². The maximum Gasteiger partial charge on any atom is 0.247 e. The summed E-state index contributed by atoms with van der Waals surface area (Å²) in [5, 5.41) is 0. The number of nitrogens with zero attached hydrogens (tertiary/aromatic N) is 1. The number of hydrogen-bond donors (Lipinski definition) is 0. The molecule has 2 heteroatoms. The first kappa shape index (κ1) is 24.4. The Kier molecular flexibility index (Phi) is 6.56. The Morgan fingerprint density at radius 1 is 0.583 bits per heavy atom. The van der Waals surface area contributed by atoms with E-state index in [9.17, 15) is 0 Å². The lowest BCUT2D eigenvalue weighted by molar-refractivity contribution is 0.812. The van der Waals surface area contributed by atoms with Crippen LogP contribution in [0.3, 0.4) is 0 Å². The number of rotatable bonds is 5. The van der Waals surface area contributed by atoms with Crippen LogP contribution in [0.25, 0.3) is 0 Å². The van der Waals surface area contributed by atoms with E-state index in [1.165, 1.54) is 55.7 Å². The van der Waals surface area contributed by atoms with Gasteiger partial charge in [0.1, 0.15) is 0 Å². The van der Waals surface area contributed by atoms with Crippen molar-refractivity contribution in [2.24, 2.45) is 0 Å². The van der Waals surface area contributed by atoms with Crippen LogP contribution in [0.2, 0.25) is 0 Å². The highest BCUT2D eigenvalue weighted by atomic mass is 15.1. The zero-order valence-corrected chi connectivity index (χ0v) is 22.8. The predicted octanol–water partition coefficient (Wildman–Crippen LogP) is 7.66. The highest BCUT2D eigenvalue weighted by molar-refractivity contribution is 6.98. The average Bonchev–Trinajstić information content (AvgIpc) is 2.86. The van der Waals surface area contributed by atoms with E-state index in [1.54, 1.807) is 0 Å². The first-order valence-corrected chi connectivity index (χ1v) is 13.5. The second-order valence-corrected chi connectivity index (χ2v) is 11.3. The summed E-state index contributed by atoms with van der Waals surface area (Å²) in [5.74, 6) is 1.41. The van der Waals surface area contributed by atoms with Gasteiger partial charge in [-0.15, -0.1) is 0 Å². The van der Waals surface area contributed by atoms with Gasteiger partial charge < -0.3 is 4.90 Å². The maximum absolute atomic E-state index is 2.50. The number of fused-ring (bicyclic) bond motifs is 2. The van der Waals surface area contributed by atoms with Crippen LogP contribution in [0.5, 0.6) is 0 Å². The van der Waals surface area contributed by atoms with Gasteiger partial charge in [-0.2, -0.15) is 0 Å². The van der Waals surface area contributed by atoms with E-state index in [0.717, 1.165) is 0 Å². The molecule has 0 saturated carbocycles. The average molecular weight is 471 g/mol. The molecule has 1 aliphatic rings. The minimum absolute atomic E-state index is 0.202. The van der Waals surface area contributed by atoms with Crippen molar-refractivity contribution < 1.29 is 0 Å². The van der Waals surface area contributed by atoms with E-state index in [4.69, 9.17) is 0 Å². The SMILES string of the molecule is Cc1ccc2c(c1)N(c1ccccc1)c1ccccc1B2c1c(C(C)C)cc(C(C)C)cc1C(C)C. The fourth-order valence-electron chi connectivity index (χ4n) is 5.84. The molecule has 0 atom stereocenters. The van der Waals surface area contributed by atoms with Gasteiger partial charge in [-0.3, -0.25) is 0 Å². The van der Waals surface area contributed by atoms with Gasteiger partial charge in [0.15, 0.2) is 0 Å². The van der Waals surface area contributed by atoms with Crippen LogP contribution in [0, 0.1) is 6.92 Å². The highest BCUT2D eigenvalue weighted by Crippen LogP contribution is 2.37. The lowest BCUT2D eigenvalue weighted by Gasteiger charge is -2.39. The van der Waals surface area contributed by atoms with E-state index >= 15 is 0 Å². The fourth-order valence-corrected chi connectivity index (χ4v) is 5.84. The summed E-state index contributed by atoms with van der Waals surface area (Å²) in [6.07, 6.45) is 0. The monoisotopic (exact) mass is 471 g/mol. The van der Waals surface area contributed by atoms with Crippen molar-refractivity contribution >= 4 is 40.2 Å². The van der Waals surface area contributed by atoms with Gasteiger partial charge in [0.25, 0.3) is 0 Å². The van der Waals surface area contributed by atoms with Crippen LogP contribution in [-0.2, 0) is 0 Å². The van der Waals surface area contributed by atoms with Crippen LogP contribution in [0.1, 0.15) is 81.5 Å². The van der Waals surface area contributed by atoms with Crippen molar-refractivity contribution in [1.82, 2.24) is 0 Å². The molecule has 1 nitrogen and oxygen atoms in total. The van der Waals surface area contributed by atoms with Crippen molar-refractivity contribution in [3.63, 3.8) is 0 Å². The number of benzene rings is 4.